The summed E-state index contributed by atoms with van der Waals surface area (Å²) in [5, 5.41) is 1.12. The Morgan fingerprint density at radius 2 is 1.76 bits per heavy atom. The van der Waals surface area contributed by atoms with Gasteiger partial charge in [0.2, 0.25) is 5.91 Å². The number of aryl methyl sites for hydroxylation is 2. The summed E-state index contributed by atoms with van der Waals surface area (Å²) in [6.45, 7) is 1.42. The first kappa shape index (κ1) is 18.6. The van der Waals surface area contributed by atoms with Gasteiger partial charge in [0.1, 0.15) is 11.4 Å². The Balaban J connectivity index is 1.74. The smallest absolute Gasteiger partial charge is 0.337 e. The highest BCUT2D eigenvalue weighted by molar-refractivity contribution is 7.19. The molecule has 5 rings (SSSR count). The number of rotatable bonds is 3. The summed E-state index contributed by atoms with van der Waals surface area (Å²) >= 11 is 7.48. The van der Waals surface area contributed by atoms with Crippen molar-refractivity contribution in [2.45, 2.75) is 38.6 Å². The molecule has 150 valence electrons. The van der Waals surface area contributed by atoms with Gasteiger partial charge in [-0.2, -0.15) is 0 Å². The van der Waals surface area contributed by atoms with E-state index in [0.717, 1.165) is 55.6 Å². The number of hydrogen-bond acceptors (Lipinski definition) is 4. The van der Waals surface area contributed by atoms with Crippen molar-refractivity contribution in [1.82, 2.24) is 14.0 Å². The normalized spacial score (nSPS) is 16.0. The number of amides is 1. The minimum atomic E-state index is -0.475. The number of nitrogens with zero attached hydrogens (tertiary/aromatic N) is 3. The first-order chi connectivity index (χ1) is 14.0. The molecule has 6 nitrogen and oxygen atoms in total. The second-order valence-corrected chi connectivity index (χ2v) is 9.13. The minimum absolute atomic E-state index is 0.0391. The summed E-state index contributed by atoms with van der Waals surface area (Å²) in [5.74, 6) is -0.0687. The molecule has 2 aromatic heterocycles. The van der Waals surface area contributed by atoms with Crippen LogP contribution < -0.4 is 11.2 Å². The van der Waals surface area contributed by atoms with Crippen LogP contribution in [0.5, 0.6) is 0 Å². The van der Waals surface area contributed by atoms with Gasteiger partial charge in [0, 0.05) is 23.0 Å². The number of carbonyl (C=O) groups is 1. The quantitative estimate of drug-likeness (QED) is 0.643. The lowest BCUT2D eigenvalue weighted by molar-refractivity contribution is -0.130. The number of halogens is 1. The number of benzene rings is 1. The van der Waals surface area contributed by atoms with Crippen LogP contribution in [-0.2, 0) is 24.2 Å². The molecular weight excluding hydrogens is 410 g/mol. The molecule has 0 atom stereocenters. The maximum Gasteiger partial charge on any atom is 0.337 e. The predicted octanol–water partition coefficient (Wildman–Crippen LogP) is 2.98. The largest absolute Gasteiger partial charge is 0.341 e. The number of aromatic nitrogens is 2. The van der Waals surface area contributed by atoms with Crippen LogP contribution in [0.15, 0.2) is 33.9 Å². The molecule has 0 saturated carbocycles. The van der Waals surface area contributed by atoms with Crippen molar-refractivity contribution in [3.8, 4) is 5.69 Å². The summed E-state index contributed by atoms with van der Waals surface area (Å²) < 4.78 is 2.68. The topological polar surface area (TPSA) is 64.3 Å². The Hall–Kier alpha value is -2.38. The third-order valence-electron chi connectivity index (χ3n) is 5.82. The van der Waals surface area contributed by atoms with Gasteiger partial charge in [0.05, 0.1) is 11.1 Å². The van der Waals surface area contributed by atoms with E-state index in [1.54, 1.807) is 29.2 Å². The van der Waals surface area contributed by atoms with Gasteiger partial charge in [0.15, 0.2) is 0 Å². The second kappa shape index (κ2) is 7.15. The molecule has 3 heterocycles. The van der Waals surface area contributed by atoms with E-state index in [9.17, 15) is 14.4 Å². The molecule has 1 amide bonds. The third kappa shape index (κ3) is 3.04. The molecule has 8 heteroatoms. The first-order valence-corrected chi connectivity index (χ1v) is 11.1. The van der Waals surface area contributed by atoms with Gasteiger partial charge in [-0.1, -0.05) is 11.6 Å². The highest BCUT2D eigenvalue weighted by Gasteiger charge is 2.27. The van der Waals surface area contributed by atoms with Gasteiger partial charge in [-0.3, -0.25) is 14.2 Å². The molecule has 29 heavy (non-hydrogen) atoms. The summed E-state index contributed by atoms with van der Waals surface area (Å²) in [5.41, 5.74) is 0.723. The number of fused-ring (bicyclic) bond motifs is 3. The van der Waals surface area contributed by atoms with Gasteiger partial charge in [-0.15, -0.1) is 11.3 Å². The highest BCUT2D eigenvalue weighted by Crippen LogP contribution is 2.35. The Morgan fingerprint density at radius 1 is 1.03 bits per heavy atom. The lowest BCUT2D eigenvalue weighted by Gasteiger charge is -2.17. The van der Waals surface area contributed by atoms with E-state index in [1.165, 1.54) is 20.5 Å². The standard InChI is InChI=1S/C21H20ClN3O3S/c22-13-6-8-14(9-7-13)25-19(27)18-15-4-3-5-16(15)29-20(18)24(21(25)28)12-17(26)23-10-1-2-11-23/h6-9H,1-5,10-12H2. The first-order valence-electron chi connectivity index (χ1n) is 9.88. The van der Waals surface area contributed by atoms with E-state index in [2.05, 4.69) is 0 Å². The fourth-order valence-electron chi connectivity index (χ4n) is 4.37. The zero-order chi connectivity index (χ0) is 20.1. The highest BCUT2D eigenvalue weighted by atomic mass is 35.5. The van der Waals surface area contributed by atoms with E-state index in [4.69, 9.17) is 11.6 Å². The van der Waals surface area contributed by atoms with Crippen molar-refractivity contribution in [2.24, 2.45) is 0 Å². The summed E-state index contributed by atoms with van der Waals surface area (Å²) in [6, 6.07) is 6.64. The number of likely N-dealkylation sites (tertiary alicyclic amines) is 1. The molecule has 0 spiro atoms. The van der Waals surface area contributed by atoms with Crippen LogP contribution in [0.3, 0.4) is 0 Å². The monoisotopic (exact) mass is 429 g/mol. The minimum Gasteiger partial charge on any atom is -0.341 e. The van der Waals surface area contributed by atoms with E-state index in [0.29, 0.717) is 20.9 Å². The molecule has 1 fully saturated rings. The van der Waals surface area contributed by atoms with Gasteiger partial charge in [-0.05, 0) is 61.9 Å². The van der Waals surface area contributed by atoms with Crippen LogP contribution in [0.1, 0.15) is 29.7 Å². The van der Waals surface area contributed by atoms with Gasteiger partial charge in [0.25, 0.3) is 5.56 Å². The molecule has 0 bridgehead atoms. The van der Waals surface area contributed by atoms with Crippen molar-refractivity contribution in [2.75, 3.05) is 13.1 Å². The Morgan fingerprint density at radius 3 is 2.48 bits per heavy atom. The van der Waals surface area contributed by atoms with E-state index in [1.807, 2.05) is 0 Å². The summed E-state index contributed by atoms with van der Waals surface area (Å²) in [7, 11) is 0. The van der Waals surface area contributed by atoms with Crippen LogP contribution in [0.2, 0.25) is 5.02 Å². The Bertz CT molecular complexity index is 1230. The van der Waals surface area contributed by atoms with Crippen molar-refractivity contribution in [1.29, 1.82) is 0 Å². The maximum atomic E-state index is 13.4. The van der Waals surface area contributed by atoms with Crippen molar-refractivity contribution >= 4 is 39.1 Å². The Kier molecular flexibility index (Phi) is 4.59. The molecular formula is C21H20ClN3O3S. The molecule has 3 aromatic rings. The number of thiophene rings is 1. The van der Waals surface area contributed by atoms with Crippen LogP contribution in [0.25, 0.3) is 15.9 Å². The zero-order valence-corrected chi connectivity index (χ0v) is 17.4. The van der Waals surface area contributed by atoms with Gasteiger partial charge >= 0.3 is 5.69 Å². The van der Waals surface area contributed by atoms with Crippen LogP contribution in [0.4, 0.5) is 0 Å². The molecule has 1 saturated heterocycles. The van der Waals surface area contributed by atoms with Crippen LogP contribution in [0, 0.1) is 0 Å². The number of carbonyl (C=O) groups excluding carboxylic acids is 1. The van der Waals surface area contributed by atoms with E-state index in [-0.39, 0.29) is 18.0 Å². The molecule has 1 aliphatic heterocycles. The lowest BCUT2D eigenvalue weighted by Crippen LogP contribution is -2.42. The van der Waals surface area contributed by atoms with Crippen LogP contribution >= 0.6 is 22.9 Å². The third-order valence-corrected chi connectivity index (χ3v) is 7.39. The molecule has 1 aromatic carbocycles. The fraction of sp³-hybridized carbons (Fsp3) is 0.381. The lowest BCUT2D eigenvalue weighted by atomic mass is 10.2. The SMILES string of the molecule is O=C(Cn1c(=O)n(-c2ccc(Cl)cc2)c(=O)c2c3c(sc21)CCC3)N1CCCC1. The molecule has 0 unspecified atom stereocenters. The average molecular weight is 430 g/mol. The van der Waals surface area contributed by atoms with Gasteiger partial charge < -0.3 is 4.90 Å². The molecule has 0 radical (unpaired) electrons. The summed E-state index contributed by atoms with van der Waals surface area (Å²) in [6.07, 6.45) is 4.76. The maximum absolute atomic E-state index is 13.4. The fourth-order valence-corrected chi connectivity index (χ4v) is 5.86. The van der Waals surface area contributed by atoms with Gasteiger partial charge in [-0.25, -0.2) is 9.36 Å². The molecule has 1 aliphatic carbocycles. The summed E-state index contributed by atoms with van der Waals surface area (Å²) in [4.78, 5) is 43.2. The zero-order valence-electron chi connectivity index (χ0n) is 15.8. The predicted molar refractivity (Wildman–Crippen MR) is 115 cm³/mol. The van der Waals surface area contributed by atoms with E-state index >= 15 is 0 Å². The number of hydrogen-bond donors (Lipinski definition) is 0. The second-order valence-electron chi connectivity index (χ2n) is 7.61. The van der Waals surface area contributed by atoms with Crippen molar-refractivity contribution < 1.29 is 4.79 Å². The van der Waals surface area contributed by atoms with Crippen LogP contribution in [-0.4, -0.2) is 33.0 Å². The van der Waals surface area contributed by atoms with Crippen molar-refractivity contribution in [3.05, 3.63) is 60.6 Å². The molecule has 0 N–H and O–H groups in total. The average Bonchev–Trinajstić information content (AvgIpc) is 3.43. The molecule has 2 aliphatic rings. The Labute approximate surface area is 175 Å². The van der Waals surface area contributed by atoms with E-state index < -0.39 is 5.69 Å². The van der Waals surface area contributed by atoms with Crippen molar-refractivity contribution in [3.63, 3.8) is 0 Å².